The zero-order chi connectivity index (χ0) is 17.2. The Morgan fingerprint density at radius 3 is 2.17 bits per heavy atom. The van der Waals surface area contributed by atoms with Gasteiger partial charge in [0.15, 0.2) is 0 Å². The van der Waals surface area contributed by atoms with Crippen molar-refractivity contribution in [3.05, 3.63) is 35.9 Å². The summed E-state index contributed by atoms with van der Waals surface area (Å²) < 4.78 is 40.6. The van der Waals surface area contributed by atoms with Crippen molar-refractivity contribution in [3.63, 3.8) is 0 Å². The second kappa shape index (κ2) is 7.20. The Kier molecular flexibility index (Phi) is 5.21. The zero-order valence-electron chi connectivity index (χ0n) is 14.1. The first-order valence-corrected chi connectivity index (χ1v) is 8.96. The quantitative estimate of drug-likeness (QED) is 0.585. The number of rotatable bonds is 3. The van der Waals surface area contributed by atoms with E-state index in [1.54, 1.807) is 12.1 Å². The molecule has 3 rings (SSSR count). The molecule has 1 aromatic rings. The lowest BCUT2D eigenvalue weighted by Gasteiger charge is -2.34. The lowest BCUT2D eigenvalue weighted by molar-refractivity contribution is -0.274. The number of hydrogen-bond acceptors (Lipinski definition) is 1. The first-order chi connectivity index (χ1) is 11.4. The van der Waals surface area contributed by atoms with Crippen molar-refractivity contribution in [2.24, 2.45) is 17.8 Å². The second-order valence-electron chi connectivity index (χ2n) is 7.36. The Morgan fingerprint density at radius 2 is 1.62 bits per heavy atom. The average Bonchev–Trinajstić information content (AvgIpc) is 2.55. The van der Waals surface area contributed by atoms with Crippen LogP contribution in [0.15, 0.2) is 30.3 Å². The van der Waals surface area contributed by atoms with Crippen LogP contribution in [0.1, 0.15) is 58.9 Å². The molecule has 1 saturated carbocycles. The van der Waals surface area contributed by atoms with Crippen LogP contribution in [0.3, 0.4) is 0 Å². The van der Waals surface area contributed by atoms with Crippen molar-refractivity contribution in [1.29, 1.82) is 0 Å². The molecule has 0 aromatic heterocycles. The van der Waals surface area contributed by atoms with Crippen LogP contribution in [-0.4, -0.2) is 6.36 Å². The van der Waals surface area contributed by atoms with Gasteiger partial charge in [-0.3, -0.25) is 0 Å². The fourth-order valence-corrected chi connectivity index (χ4v) is 4.17. The molecule has 0 bridgehead atoms. The Balaban J connectivity index is 0.00000225. The van der Waals surface area contributed by atoms with Crippen LogP contribution in [0.4, 0.5) is 13.2 Å². The van der Waals surface area contributed by atoms with Gasteiger partial charge in [-0.2, -0.15) is 0 Å². The summed E-state index contributed by atoms with van der Waals surface area (Å²) in [4.78, 5) is 0. The fraction of sp³-hybridized carbons (Fsp3) is 0.600. The Bertz CT molecular complexity index is 572. The molecule has 1 fully saturated rings. The standard InChI is InChI=1S/C20H25F3O.H2/c1-14-2-4-15(5-3-14)16-6-8-17(9-7-16)18-10-12-19(13-11-18)24-20(21,22)23;/h8,10-16H,2-7,9H2,1H3;1H. The first-order valence-electron chi connectivity index (χ1n) is 8.96. The van der Waals surface area contributed by atoms with E-state index in [-0.39, 0.29) is 7.18 Å². The van der Waals surface area contributed by atoms with Crippen LogP contribution in [0.5, 0.6) is 5.75 Å². The summed E-state index contributed by atoms with van der Waals surface area (Å²) in [5, 5.41) is 0. The van der Waals surface area contributed by atoms with Gasteiger partial charge in [-0.15, -0.1) is 13.2 Å². The van der Waals surface area contributed by atoms with E-state index in [4.69, 9.17) is 0 Å². The van der Waals surface area contributed by atoms with Gasteiger partial charge in [-0.25, -0.2) is 0 Å². The van der Waals surface area contributed by atoms with Crippen LogP contribution in [0.2, 0.25) is 0 Å². The van der Waals surface area contributed by atoms with Crippen molar-refractivity contribution < 1.29 is 19.3 Å². The molecule has 0 amide bonds. The highest BCUT2D eigenvalue weighted by molar-refractivity contribution is 5.66. The van der Waals surface area contributed by atoms with Crippen molar-refractivity contribution in [1.82, 2.24) is 0 Å². The molecule has 1 unspecified atom stereocenters. The van der Waals surface area contributed by atoms with E-state index in [0.717, 1.165) is 36.2 Å². The molecule has 0 spiro atoms. The number of benzene rings is 1. The Hall–Kier alpha value is -1.45. The summed E-state index contributed by atoms with van der Waals surface area (Å²) in [5.74, 6) is 2.38. The smallest absolute Gasteiger partial charge is 0.406 e. The largest absolute Gasteiger partial charge is 0.573 e. The summed E-state index contributed by atoms with van der Waals surface area (Å²) in [6, 6.07) is 6.27. The molecule has 134 valence electrons. The molecular weight excluding hydrogens is 313 g/mol. The minimum atomic E-state index is -4.63. The molecule has 2 aliphatic carbocycles. The number of ether oxygens (including phenoxy) is 1. The van der Waals surface area contributed by atoms with Gasteiger partial charge in [0.25, 0.3) is 0 Å². The number of halogens is 3. The van der Waals surface area contributed by atoms with Gasteiger partial charge in [0.1, 0.15) is 5.75 Å². The van der Waals surface area contributed by atoms with Crippen molar-refractivity contribution >= 4 is 5.57 Å². The van der Waals surface area contributed by atoms with Crippen molar-refractivity contribution in [3.8, 4) is 5.75 Å². The maximum atomic E-state index is 12.2. The highest BCUT2D eigenvalue weighted by Crippen LogP contribution is 2.41. The van der Waals surface area contributed by atoms with Crippen LogP contribution >= 0.6 is 0 Å². The minimum absolute atomic E-state index is 0. The molecule has 0 aliphatic heterocycles. The molecule has 1 aromatic carbocycles. The molecule has 0 heterocycles. The monoisotopic (exact) mass is 340 g/mol. The summed E-state index contributed by atoms with van der Waals surface area (Å²) in [6.45, 7) is 2.35. The fourth-order valence-electron chi connectivity index (χ4n) is 4.17. The molecule has 2 aliphatic rings. The van der Waals surface area contributed by atoms with Gasteiger partial charge < -0.3 is 4.74 Å². The summed E-state index contributed by atoms with van der Waals surface area (Å²) >= 11 is 0. The molecule has 24 heavy (non-hydrogen) atoms. The number of hydrogen-bond donors (Lipinski definition) is 0. The molecule has 4 heteroatoms. The zero-order valence-corrected chi connectivity index (χ0v) is 14.1. The highest BCUT2D eigenvalue weighted by atomic mass is 19.4. The van der Waals surface area contributed by atoms with Crippen LogP contribution in [-0.2, 0) is 0 Å². The lowest BCUT2D eigenvalue weighted by Crippen LogP contribution is -2.22. The lowest BCUT2D eigenvalue weighted by atomic mass is 9.71. The van der Waals surface area contributed by atoms with E-state index in [9.17, 15) is 13.2 Å². The van der Waals surface area contributed by atoms with Crippen LogP contribution in [0.25, 0.3) is 5.57 Å². The SMILES string of the molecule is CC1CCC(C2CC=C(c3ccc(OC(F)(F)F)cc3)CC2)CC1.[HH]. The first kappa shape index (κ1) is 17.4. The number of allylic oxidation sites excluding steroid dienone is 2. The van der Waals surface area contributed by atoms with Gasteiger partial charge >= 0.3 is 6.36 Å². The van der Waals surface area contributed by atoms with Gasteiger partial charge in [0.05, 0.1) is 0 Å². The molecular formula is C20H27F3O. The van der Waals surface area contributed by atoms with Crippen LogP contribution < -0.4 is 4.74 Å². The van der Waals surface area contributed by atoms with E-state index >= 15 is 0 Å². The summed E-state index contributed by atoms with van der Waals surface area (Å²) in [6.07, 6.45) is 6.44. The van der Waals surface area contributed by atoms with E-state index < -0.39 is 6.36 Å². The predicted molar refractivity (Wildman–Crippen MR) is 91.7 cm³/mol. The predicted octanol–water partition coefficient (Wildman–Crippen LogP) is 6.84. The highest BCUT2D eigenvalue weighted by Gasteiger charge is 2.31. The normalized spacial score (nSPS) is 28.3. The molecule has 1 nitrogen and oxygen atoms in total. The molecule has 0 saturated heterocycles. The van der Waals surface area contributed by atoms with Gasteiger partial charge in [0, 0.05) is 1.43 Å². The molecule has 0 N–H and O–H groups in total. The van der Waals surface area contributed by atoms with E-state index in [2.05, 4.69) is 17.7 Å². The van der Waals surface area contributed by atoms with Crippen LogP contribution in [0, 0.1) is 17.8 Å². The van der Waals surface area contributed by atoms with E-state index in [0.29, 0.717) is 0 Å². The van der Waals surface area contributed by atoms with Gasteiger partial charge in [0.2, 0.25) is 0 Å². The molecule has 1 atom stereocenters. The van der Waals surface area contributed by atoms with Crippen molar-refractivity contribution in [2.45, 2.75) is 58.2 Å². The second-order valence-corrected chi connectivity index (χ2v) is 7.36. The third kappa shape index (κ3) is 4.55. The van der Waals surface area contributed by atoms with Gasteiger partial charge in [-0.1, -0.05) is 38.0 Å². The minimum Gasteiger partial charge on any atom is -0.406 e. The average molecular weight is 340 g/mol. The third-order valence-corrected chi connectivity index (χ3v) is 5.64. The molecule has 0 radical (unpaired) electrons. The summed E-state index contributed by atoms with van der Waals surface area (Å²) in [7, 11) is 0. The Morgan fingerprint density at radius 1 is 0.958 bits per heavy atom. The maximum absolute atomic E-state index is 12.2. The maximum Gasteiger partial charge on any atom is 0.573 e. The Labute approximate surface area is 143 Å². The third-order valence-electron chi connectivity index (χ3n) is 5.64. The summed E-state index contributed by atoms with van der Waals surface area (Å²) in [5.41, 5.74) is 2.27. The van der Waals surface area contributed by atoms with Crippen molar-refractivity contribution in [2.75, 3.05) is 0 Å². The van der Waals surface area contributed by atoms with E-state index in [1.807, 2.05) is 0 Å². The number of alkyl halides is 3. The topological polar surface area (TPSA) is 9.23 Å². The van der Waals surface area contributed by atoms with Gasteiger partial charge in [-0.05, 0) is 73.1 Å². The van der Waals surface area contributed by atoms with E-state index in [1.165, 1.54) is 49.8 Å².